The molecular weight excluding hydrogens is 374 g/mol. The number of benzene rings is 3. The predicted octanol–water partition coefficient (Wildman–Crippen LogP) is 5.33. The topological polar surface area (TPSA) is 29.1 Å². The SMILES string of the molecule is O=C(NC(c1ccccc1)c1ccccc1)/C(Br)=C/c1ccccc1. The molecule has 3 rings (SSSR count). The summed E-state index contributed by atoms with van der Waals surface area (Å²) in [7, 11) is 0. The van der Waals surface area contributed by atoms with Crippen LogP contribution in [0, 0.1) is 0 Å². The van der Waals surface area contributed by atoms with Gasteiger partial charge in [-0.3, -0.25) is 4.79 Å². The lowest BCUT2D eigenvalue weighted by Crippen LogP contribution is -2.29. The smallest absolute Gasteiger partial charge is 0.259 e. The van der Waals surface area contributed by atoms with Gasteiger partial charge in [0, 0.05) is 0 Å². The first-order valence-electron chi connectivity index (χ1n) is 8.07. The van der Waals surface area contributed by atoms with E-state index in [-0.39, 0.29) is 11.9 Å². The van der Waals surface area contributed by atoms with Crippen molar-refractivity contribution in [3.8, 4) is 0 Å². The average Bonchev–Trinajstić information content (AvgIpc) is 2.68. The summed E-state index contributed by atoms with van der Waals surface area (Å²) in [5, 5.41) is 3.12. The minimum atomic E-state index is -0.202. The lowest BCUT2D eigenvalue weighted by atomic mass is 9.98. The quantitative estimate of drug-likeness (QED) is 0.585. The predicted molar refractivity (Wildman–Crippen MR) is 106 cm³/mol. The van der Waals surface area contributed by atoms with Crippen molar-refractivity contribution < 1.29 is 4.79 Å². The van der Waals surface area contributed by atoms with Crippen molar-refractivity contribution in [3.63, 3.8) is 0 Å². The molecular formula is C22H18BrNO. The van der Waals surface area contributed by atoms with E-state index in [9.17, 15) is 4.79 Å². The Bertz CT molecular complexity index is 805. The molecule has 3 aromatic carbocycles. The molecule has 0 aliphatic carbocycles. The molecule has 2 nitrogen and oxygen atoms in total. The minimum absolute atomic E-state index is 0.151. The van der Waals surface area contributed by atoms with Crippen LogP contribution in [0.4, 0.5) is 0 Å². The van der Waals surface area contributed by atoms with Gasteiger partial charge in [0.05, 0.1) is 10.5 Å². The molecule has 0 unspecified atom stereocenters. The van der Waals surface area contributed by atoms with Gasteiger partial charge in [0.1, 0.15) is 0 Å². The van der Waals surface area contributed by atoms with E-state index in [0.29, 0.717) is 4.48 Å². The van der Waals surface area contributed by atoms with E-state index in [2.05, 4.69) is 21.2 Å². The van der Waals surface area contributed by atoms with Crippen molar-refractivity contribution in [1.82, 2.24) is 5.32 Å². The Morgan fingerprint density at radius 2 is 1.20 bits per heavy atom. The molecule has 0 aliphatic rings. The number of amides is 1. The zero-order valence-corrected chi connectivity index (χ0v) is 15.2. The lowest BCUT2D eigenvalue weighted by Gasteiger charge is -2.19. The molecule has 0 bridgehead atoms. The van der Waals surface area contributed by atoms with E-state index in [1.54, 1.807) is 0 Å². The zero-order chi connectivity index (χ0) is 17.5. The maximum absolute atomic E-state index is 12.7. The summed E-state index contributed by atoms with van der Waals surface area (Å²) < 4.78 is 0.496. The number of hydrogen-bond acceptors (Lipinski definition) is 1. The summed E-state index contributed by atoms with van der Waals surface area (Å²) >= 11 is 3.40. The van der Waals surface area contributed by atoms with E-state index >= 15 is 0 Å². The van der Waals surface area contributed by atoms with E-state index in [4.69, 9.17) is 0 Å². The van der Waals surface area contributed by atoms with Crippen LogP contribution in [0.2, 0.25) is 0 Å². The van der Waals surface area contributed by atoms with Gasteiger partial charge in [-0.1, -0.05) is 91.0 Å². The van der Waals surface area contributed by atoms with Crippen molar-refractivity contribution in [2.45, 2.75) is 6.04 Å². The van der Waals surface area contributed by atoms with E-state index in [1.165, 1.54) is 0 Å². The van der Waals surface area contributed by atoms with Crippen LogP contribution in [-0.4, -0.2) is 5.91 Å². The Hall–Kier alpha value is -2.65. The van der Waals surface area contributed by atoms with Crippen molar-refractivity contribution in [1.29, 1.82) is 0 Å². The Labute approximate surface area is 156 Å². The van der Waals surface area contributed by atoms with E-state index in [0.717, 1.165) is 16.7 Å². The normalized spacial score (nSPS) is 11.4. The summed E-state index contributed by atoms with van der Waals surface area (Å²) in [5.74, 6) is -0.151. The molecule has 25 heavy (non-hydrogen) atoms. The summed E-state index contributed by atoms with van der Waals surface area (Å²) in [6, 6.07) is 29.5. The van der Waals surface area contributed by atoms with Gasteiger partial charge in [0.15, 0.2) is 0 Å². The van der Waals surface area contributed by atoms with Crippen LogP contribution in [0.15, 0.2) is 95.5 Å². The second-order valence-electron chi connectivity index (χ2n) is 5.63. The minimum Gasteiger partial charge on any atom is -0.341 e. The van der Waals surface area contributed by atoms with Crippen molar-refractivity contribution in [2.24, 2.45) is 0 Å². The number of carbonyl (C=O) groups excluding carboxylic acids is 1. The van der Waals surface area contributed by atoms with Crippen LogP contribution in [0.3, 0.4) is 0 Å². The van der Waals surface area contributed by atoms with Gasteiger partial charge < -0.3 is 5.32 Å². The highest BCUT2D eigenvalue weighted by molar-refractivity contribution is 9.12. The fourth-order valence-corrected chi connectivity index (χ4v) is 2.99. The molecule has 0 fully saturated rings. The maximum Gasteiger partial charge on any atom is 0.259 e. The van der Waals surface area contributed by atoms with Crippen LogP contribution < -0.4 is 5.32 Å². The van der Waals surface area contributed by atoms with Crippen LogP contribution in [0.5, 0.6) is 0 Å². The third-order valence-electron chi connectivity index (χ3n) is 3.85. The van der Waals surface area contributed by atoms with Crippen LogP contribution in [0.1, 0.15) is 22.7 Å². The number of carbonyl (C=O) groups is 1. The molecule has 0 atom stereocenters. The van der Waals surface area contributed by atoms with E-state index < -0.39 is 0 Å². The fourth-order valence-electron chi connectivity index (χ4n) is 2.61. The molecule has 0 saturated carbocycles. The molecule has 0 saturated heterocycles. The average molecular weight is 392 g/mol. The number of rotatable bonds is 5. The molecule has 0 heterocycles. The van der Waals surface area contributed by atoms with Gasteiger partial charge in [-0.25, -0.2) is 0 Å². The molecule has 3 heteroatoms. The second-order valence-corrected chi connectivity index (χ2v) is 6.49. The molecule has 124 valence electrons. The summed E-state index contributed by atoms with van der Waals surface area (Å²) in [5.41, 5.74) is 3.06. The van der Waals surface area contributed by atoms with Crippen LogP contribution in [0.25, 0.3) is 6.08 Å². The highest BCUT2D eigenvalue weighted by Gasteiger charge is 2.17. The third kappa shape index (κ3) is 4.68. The number of halogens is 1. The first kappa shape index (κ1) is 17.2. The number of nitrogens with one attached hydrogen (secondary N) is 1. The highest BCUT2D eigenvalue weighted by Crippen LogP contribution is 2.23. The Morgan fingerprint density at radius 3 is 1.68 bits per heavy atom. The van der Waals surface area contributed by atoms with Gasteiger partial charge in [0.25, 0.3) is 5.91 Å². The standard InChI is InChI=1S/C22H18BrNO/c23-20(16-17-10-4-1-5-11-17)22(25)24-21(18-12-6-2-7-13-18)19-14-8-3-9-15-19/h1-16,21H,(H,24,25)/b20-16-. The molecule has 0 spiro atoms. The largest absolute Gasteiger partial charge is 0.341 e. The number of hydrogen-bond donors (Lipinski definition) is 1. The summed E-state index contributed by atoms with van der Waals surface area (Å²) in [6.45, 7) is 0. The summed E-state index contributed by atoms with van der Waals surface area (Å²) in [6.07, 6.45) is 1.82. The van der Waals surface area contributed by atoms with Gasteiger partial charge in [-0.2, -0.15) is 0 Å². The first-order chi connectivity index (χ1) is 12.2. The maximum atomic E-state index is 12.7. The Kier molecular flexibility index (Phi) is 5.81. The molecule has 0 aliphatic heterocycles. The van der Waals surface area contributed by atoms with Gasteiger partial charge in [-0.15, -0.1) is 0 Å². The molecule has 1 N–H and O–H groups in total. The van der Waals surface area contributed by atoms with Crippen LogP contribution >= 0.6 is 15.9 Å². The zero-order valence-electron chi connectivity index (χ0n) is 13.6. The second kappa shape index (κ2) is 8.45. The highest BCUT2D eigenvalue weighted by atomic mass is 79.9. The Morgan fingerprint density at radius 1 is 0.760 bits per heavy atom. The van der Waals surface area contributed by atoms with Crippen molar-refractivity contribution in [3.05, 3.63) is 112 Å². The summed E-state index contributed by atoms with van der Waals surface area (Å²) in [4.78, 5) is 12.7. The molecule has 3 aromatic rings. The van der Waals surface area contributed by atoms with Crippen LogP contribution in [-0.2, 0) is 4.79 Å². The van der Waals surface area contributed by atoms with Gasteiger partial charge in [0.2, 0.25) is 0 Å². The van der Waals surface area contributed by atoms with Crippen molar-refractivity contribution >= 4 is 27.9 Å². The van der Waals surface area contributed by atoms with Crippen molar-refractivity contribution in [2.75, 3.05) is 0 Å². The molecule has 0 radical (unpaired) electrons. The molecule has 0 aromatic heterocycles. The monoisotopic (exact) mass is 391 g/mol. The first-order valence-corrected chi connectivity index (χ1v) is 8.86. The lowest BCUT2D eigenvalue weighted by molar-refractivity contribution is -0.117. The molecule has 1 amide bonds. The van der Waals surface area contributed by atoms with E-state index in [1.807, 2.05) is 97.1 Å². The Balaban J connectivity index is 1.85. The fraction of sp³-hybridized carbons (Fsp3) is 0.0455. The van der Waals surface area contributed by atoms with Gasteiger partial charge in [-0.05, 0) is 38.7 Å². The third-order valence-corrected chi connectivity index (χ3v) is 4.44. The van der Waals surface area contributed by atoms with Gasteiger partial charge >= 0.3 is 0 Å².